The van der Waals surface area contributed by atoms with Crippen molar-refractivity contribution in [1.82, 2.24) is 9.97 Å². The van der Waals surface area contributed by atoms with Gasteiger partial charge in [0, 0.05) is 10.6 Å². The van der Waals surface area contributed by atoms with Crippen molar-refractivity contribution in [3.05, 3.63) is 89.7 Å². The van der Waals surface area contributed by atoms with Gasteiger partial charge in [-0.2, -0.15) is 10.2 Å². The molecule has 3 rings (SSSR count). The van der Waals surface area contributed by atoms with E-state index in [1.807, 2.05) is 0 Å². The highest BCUT2D eigenvalue weighted by Crippen LogP contribution is 2.27. The number of hydrogen-bond donors (Lipinski definition) is 3. The molecule has 1 aromatic heterocycles. The highest BCUT2D eigenvalue weighted by molar-refractivity contribution is 6.30. The van der Waals surface area contributed by atoms with Crippen LogP contribution in [0, 0.1) is 10.1 Å². The van der Waals surface area contributed by atoms with Crippen molar-refractivity contribution >= 4 is 40.8 Å². The average molecular weight is 414 g/mol. The lowest BCUT2D eigenvalue weighted by Crippen LogP contribution is -2.25. The summed E-state index contributed by atoms with van der Waals surface area (Å²) in [6.07, 6.45) is 2.44. The number of rotatable bonds is 5. The van der Waals surface area contributed by atoms with Gasteiger partial charge in [-0.3, -0.25) is 19.9 Å². The summed E-state index contributed by atoms with van der Waals surface area (Å²) in [6, 6.07) is 11.1. The van der Waals surface area contributed by atoms with Crippen molar-refractivity contribution < 1.29 is 10.0 Å². The number of phenols is 1. The van der Waals surface area contributed by atoms with Gasteiger partial charge in [-0.05, 0) is 48.6 Å². The quantitative estimate of drug-likeness (QED) is 0.328. The summed E-state index contributed by atoms with van der Waals surface area (Å²) < 4.78 is 0. The van der Waals surface area contributed by atoms with Crippen molar-refractivity contribution in [2.45, 2.75) is 0 Å². The molecule has 2 aromatic carbocycles. The SMILES string of the molecule is O=c1[nH]c(/C=C/c2cc(N=Nc3cccc(Cl)c3)ccc2O)c([N+](=O)[O-])c(=O)[nH]1. The Labute approximate surface area is 167 Å². The number of H-pyrrole nitrogens is 2. The van der Waals surface area contributed by atoms with Gasteiger partial charge in [0.05, 0.1) is 16.3 Å². The van der Waals surface area contributed by atoms with Crippen molar-refractivity contribution in [2.24, 2.45) is 10.2 Å². The number of nitrogens with one attached hydrogen (secondary N) is 2. The third kappa shape index (κ3) is 4.82. The number of benzene rings is 2. The van der Waals surface area contributed by atoms with Gasteiger partial charge in [0.2, 0.25) is 0 Å². The van der Waals surface area contributed by atoms with Crippen LogP contribution in [0.5, 0.6) is 5.75 Å². The summed E-state index contributed by atoms with van der Waals surface area (Å²) >= 11 is 5.89. The van der Waals surface area contributed by atoms with Gasteiger partial charge in [0.15, 0.2) is 0 Å². The number of phenolic OH excluding ortho intramolecular Hbond substituents is 1. The lowest BCUT2D eigenvalue weighted by atomic mass is 10.1. The molecule has 0 atom stereocenters. The number of halogens is 1. The number of nitro groups is 1. The molecule has 0 spiro atoms. The summed E-state index contributed by atoms with van der Waals surface area (Å²) in [5, 5.41) is 29.7. The second-order valence-corrected chi connectivity index (χ2v) is 6.12. The largest absolute Gasteiger partial charge is 0.507 e. The highest BCUT2D eigenvalue weighted by atomic mass is 35.5. The van der Waals surface area contributed by atoms with Crippen LogP contribution >= 0.6 is 11.6 Å². The molecular weight excluding hydrogens is 402 g/mol. The first-order chi connectivity index (χ1) is 13.8. The van der Waals surface area contributed by atoms with E-state index in [4.69, 9.17) is 11.6 Å². The molecule has 11 heteroatoms. The molecule has 0 unspecified atom stereocenters. The minimum absolute atomic E-state index is 0.141. The van der Waals surface area contributed by atoms with Crippen LogP contribution in [-0.2, 0) is 0 Å². The molecular formula is C18H12ClN5O5. The van der Waals surface area contributed by atoms with Gasteiger partial charge in [-0.25, -0.2) is 4.79 Å². The number of nitrogens with zero attached hydrogens (tertiary/aromatic N) is 3. The normalized spacial score (nSPS) is 11.3. The molecule has 3 N–H and O–H groups in total. The van der Waals surface area contributed by atoms with Crippen LogP contribution < -0.4 is 11.2 Å². The van der Waals surface area contributed by atoms with Crippen LogP contribution in [0.15, 0.2) is 62.3 Å². The fourth-order valence-electron chi connectivity index (χ4n) is 2.36. The summed E-state index contributed by atoms with van der Waals surface area (Å²) in [4.78, 5) is 37.2. The predicted octanol–water partition coefficient (Wildman–Crippen LogP) is 3.92. The Morgan fingerprint density at radius 2 is 1.76 bits per heavy atom. The highest BCUT2D eigenvalue weighted by Gasteiger charge is 2.18. The zero-order valence-electron chi connectivity index (χ0n) is 14.5. The van der Waals surface area contributed by atoms with E-state index in [0.29, 0.717) is 16.4 Å². The summed E-state index contributed by atoms with van der Waals surface area (Å²) in [6.45, 7) is 0. The second kappa shape index (κ2) is 8.31. The summed E-state index contributed by atoms with van der Waals surface area (Å²) in [7, 11) is 0. The molecule has 0 aliphatic rings. The van der Waals surface area contributed by atoms with E-state index in [-0.39, 0.29) is 17.0 Å². The third-order valence-corrected chi connectivity index (χ3v) is 3.89. The Morgan fingerprint density at radius 3 is 2.45 bits per heavy atom. The first-order valence-corrected chi connectivity index (χ1v) is 8.40. The molecule has 0 saturated carbocycles. The molecule has 0 amide bonds. The van der Waals surface area contributed by atoms with Crippen molar-refractivity contribution in [3.63, 3.8) is 0 Å². The molecule has 0 radical (unpaired) electrons. The van der Waals surface area contributed by atoms with E-state index in [9.17, 15) is 24.8 Å². The molecule has 0 aliphatic heterocycles. The summed E-state index contributed by atoms with van der Waals surface area (Å²) in [5.41, 5.74) is -2.01. The van der Waals surface area contributed by atoms with Crippen LogP contribution in [-0.4, -0.2) is 20.0 Å². The Bertz CT molecular complexity index is 1260. The number of azo groups is 1. The number of aromatic nitrogens is 2. The minimum Gasteiger partial charge on any atom is -0.507 e. The van der Waals surface area contributed by atoms with E-state index < -0.39 is 21.9 Å². The Morgan fingerprint density at radius 1 is 1.03 bits per heavy atom. The zero-order chi connectivity index (χ0) is 21.0. The molecule has 0 aliphatic carbocycles. The fraction of sp³-hybridized carbons (Fsp3) is 0. The van der Waals surface area contributed by atoms with Crippen LogP contribution in [0.25, 0.3) is 12.2 Å². The number of aromatic hydroxyl groups is 1. The standard InChI is InChI=1S/C18H12ClN5O5/c19-11-2-1-3-12(9-11)22-23-13-5-7-15(25)10(8-13)4-6-14-16(24(28)29)17(26)21-18(27)20-14/h1-9,25H,(H2,20,21,26,27)/b6-4+,23-22?. The fourth-order valence-corrected chi connectivity index (χ4v) is 2.55. The van der Waals surface area contributed by atoms with E-state index in [0.717, 1.165) is 6.08 Å². The van der Waals surface area contributed by atoms with E-state index >= 15 is 0 Å². The van der Waals surface area contributed by atoms with Gasteiger partial charge in [-0.15, -0.1) is 0 Å². The first-order valence-electron chi connectivity index (χ1n) is 8.03. The third-order valence-electron chi connectivity index (χ3n) is 3.66. The zero-order valence-corrected chi connectivity index (χ0v) is 15.3. The lowest BCUT2D eigenvalue weighted by Gasteiger charge is -2.01. The minimum atomic E-state index is -1.13. The summed E-state index contributed by atoms with van der Waals surface area (Å²) in [5.74, 6) is -0.141. The molecule has 3 aromatic rings. The number of aromatic amines is 2. The molecule has 0 bridgehead atoms. The maximum absolute atomic E-state index is 11.6. The van der Waals surface area contributed by atoms with Crippen molar-refractivity contribution in [1.29, 1.82) is 0 Å². The maximum Gasteiger partial charge on any atom is 0.357 e. The topological polar surface area (TPSA) is 154 Å². The lowest BCUT2D eigenvalue weighted by molar-refractivity contribution is -0.386. The molecule has 29 heavy (non-hydrogen) atoms. The molecule has 0 saturated heterocycles. The van der Waals surface area contributed by atoms with Gasteiger partial charge < -0.3 is 10.1 Å². The number of hydrogen-bond acceptors (Lipinski definition) is 7. The van der Waals surface area contributed by atoms with E-state index in [1.54, 1.807) is 29.2 Å². The Balaban J connectivity index is 1.95. The molecule has 0 fully saturated rings. The van der Waals surface area contributed by atoms with Gasteiger partial charge >= 0.3 is 16.9 Å². The van der Waals surface area contributed by atoms with Crippen LogP contribution in [0.2, 0.25) is 5.02 Å². The Kier molecular flexibility index (Phi) is 5.65. The second-order valence-electron chi connectivity index (χ2n) is 5.68. The Hall–Kier alpha value is -4.05. The van der Waals surface area contributed by atoms with Crippen LogP contribution in [0.4, 0.5) is 17.1 Å². The predicted molar refractivity (Wildman–Crippen MR) is 107 cm³/mol. The first kappa shape index (κ1) is 19.7. The monoisotopic (exact) mass is 413 g/mol. The van der Waals surface area contributed by atoms with Gasteiger partial charge in [0.1, 0.15) is 11.4 Å². The van der Waals surface area contributed by atoms with Crippen molar-refractivity contribution in [3.8, 4) is 5.75 Å². The van der Waals surface area contributed by atoms with Gasteiger partial charge in [0.25, 0.3) is 0 Å². The van der Waals surface area contributed by atoms with Crippen molar-refractivity contribution in [2.75, 3.05) is 0 Å². The smallest absolute Gasteiger partial charge is 0.357 e. The molecule has 146 valence electrons. The molecule has 10 nitrogen and oxygen atoms in total. The maximum atomic E-state index is 11.6. The van der Waals surface area contributed by atoms with Crippen LogP contribution in [0.1, 0.15) is 11.3 Å². The average Bonchev–Trinajstić information content (AvgIpc) is 2.65. The van der Waals surface area contributed by atoms with E-state index in [1.165, 1.54) is 24.3 Å². The van der Waals surface area contributed by atoms with E-state index in [2.05, 4.69) is 15.2 Å². The van der Waals surface area contributed by atoms with Gasteiger partial charge in [-0.1, -0.05) is 17.7 Å². The molecule has 1 heterocycles. The van der Waals surface area contributed by atoms with Crippen LogP contribution in [0.3, 0.4) is 0 Å².